The van der Waals surface area contributed by atoms with Gasteiger partial charge < -0.3 is 21.5 Å². The minimum absolute atomic E-state index is 0.00551. The molecule has 2 atom stereocenters. The van der Waals surface area contributed by atoms with E-state index in [-0.39, 0.29) is 18.6 Å². The van der Waals surface area contributed by atoms with Crippen molar-refractivity contribution in [2.45, 2.75) is 6.17 Å². The molecule has 0 aliphatic carbocycles. The molecule has 0 aromatic heterocycles. The molecule has 5 heteroatoms. The summed E-state index contributed by atoms with van der Waals surface area (Å²) in [4.78, 5) is 10.6. The average Bonchev–Trinajstić information content (AvgIpc) is 1.88. The molecule has 1 rings (SSSR count). The highest BCUT2D eigenvalue weighted by molar-refractivity contribution is 5.74. The fraction of sp³-hybridized carbons (Fsp3) is 0.800. The lowest BCUT2D eigenvalue weighted by Crippen LogP contribution is -2.59. The van der Waals surface area contributed by atoms with E-state index in [1.54, 1.807) is 0 Å². The van der Waals surface area contributed by atoms with Crippen molar-refractivity contribution < 1.29 is 9.90 Å². The van der Waals surface area contributed by atoms with Gasteiger partial charge in [0.05, 0.1) is 12.8 Å². The summed E-state index contributed by atoms with van der Waals surface area (Å²) in [6.45, 7) is 0.442. The summed E-state index contributed by atoms with van der Waals surface area (Å²) in [6, 6.07) is -0.266. The maximum absolute atomic E-state index is 10.6. The lowest BCUT2D eigenvalue weighted by atomic mass is 10.1. The van der Waals surface area contributed by atoms with Crippen LogP contribution in [0.2, 0.25) is 0 Å². The Labute approximate surface area is 58.6 Å². The van der Waals surface area contributed by atoms with Crippen LogP contribution in [0.1, 0.15) is 0 Å². The molecule has 1 saturated heterocycles. The van der Waals surface area contributed by atoms with Crippen LogP contribution in [0.15, 0.2) is 0 Å². The number of hydrogen-bond acceptors (Lipinski definition) is 3. The van der Waals surface area contributed by atoms with E-state index in [0.29, 0.717) is 6.54 Å². The Balaban J connectivity index is 2.43. The van der Waals surface area contributed by atoms with Crippen LogP contribution in [0.5, 0.6) is 0 Å². The number of hydrogen-bond donors (Lipinski definition) is 4. The molecular weight excluding hydrogens is 134 g/mol. The lowest BCUT2D eigenvalue weighted by Gasteiger charge is -2.28. The van der Waals surface area contributed by atoms with Crippen LogP contribution in [-0.2, 0) is 0 Å². The van der Waals surface area contributed by atoms with E-state index in [0.717, 1.165) is 0 Å². The van der Waals surface area contributed by atoms with Crippen LogP contribution < -0.4 is 16.4 Å². The number of aliphatic hydroxyl groups is 1. The molecule has 5 N–H and O–H groups in total. The van der Waals surface area contributed by atoms with Gasteiger partial charge in [0.2, 0.25) is 0 Å². The summed E-state index contributed by atoms with van der Waals surface area (Å²) < 4.78 is 0. The normalized spacial score (nSPS) is 32.8. The number of aliphatic hydroxyl groups excluding tert-OH is 1. The third-order valence-corrected chi connectivity index (χ3v) is 1.56. The highest BCUT2D eigenvalue weighted by atomic mass is 16.3. The Kier molecular flexibility index (Phi) is 2.08. The van der Waals surface area contributed by atoms with E-state index in [9.17, 15) is 4.79 Å². The molecule has 1 aliphatic rings. The summed E-state index contributed by atoms with van der Waals surface area (Å²) in [7, 11) is 0. The van der Waals surface area contributed by atoms with E-state index >= 15 is 0 Å². The molecule has 1 aliphatic heterocycles. The Morgan fingerprint density at radius 3 is 3.00 bits per heavy atom. The third kappa shape index (κ3) is 1.37. The number of carbonyl (C=O) groups is 1. The first-order valence-corrected chi connectivity index (χ1v) is 3.15. The van der Waals surface area contributed by atoms with E-state index in [1.165, 1.54) is 0 Å². The molecule has 0 radical (unpaired) electrons. The second-order valence-corrected chi connectivity index (χ2v) is 2.32. The van der Waals surface area contributed by atoms with Gasteiger partial charge in [-0.15, -0.1) is 0 Å². The molecule has 2 amide bonds. The molecular formula is C5H11N3O2. The summed E-state index contributed by atoms with van der Waals surface area (Å²) in [5, 5.41) is 13.6. The average molecular weight is 145 g/mol. The van der Waals surface area contributed by atoms with Crippen LogP contribution in [0.25, 0.3) is 0 Å². The molecule has 5 nitrogen and oxygen atoms in total. The highest BCUT2D eigenvalue weighted by Crippen LogP contribution is 1.99. The highest BCUT2D eigenvalue weighted by Gasteiger charge is 2.23. The number of nitrogens with one attached hydrogen (secondary N) is 2. The number of amides is 2. The van der Waals surface area contributed by atoms with Crippen LogP contribution in [0.4, 0.5) is 4.79 Å². The first kappa shape index (κ1) is 7.30. The van der Waals surface area contributed by atoms with Crippen molar-refractivity contribution in [3.63, 3.8) is 0 Å². The maximum Gasteiger partial charge on any atom is 0.316 e. The van der Waals surface area contributed by atoms with Crippen molar-refractivity contribution >= 4 is 6.03 Å². The quantitative estimate of drug-likeness (QED) is 0.351. The number of nitrogens with two attached hydrogens (primary N) is 1. The van der Waals surface area contributed by atoms with Gasteiger partial charge in [-0.1, -0.05) is 0 Å². The van der Waals surface area contributed by atoms with E-state index < -0.39 is 6.17 Å². The Morgan fingerprint density at radius 2 is 2.50 bits per heavy atom. The Morgan fingerprint density at radius 1 is 1.80 bits per heavy atom. The fourth-order valence-corrected chi connectivity index (χ4v) is 0.849. The van der Waals surface area contributed by atoms with Gasteiger partial charge in [0.1, 0.15) is 0 Å². The van der Waals surface area contributed by atoms with Crippen LogP contribution in [-0.4, -0.2) is 30.5 Å². The topological polar surface area (TPSA) is 87.4 Å². The SMILES string of the molecule is NC1NC(=O)NCC1CO. The van der Waals surface area contributed by atoms with Gasteiger partial charge in [-0.3, -0.25) is 0 Å². The number of urea groups is 1. The molecule has 0 aromatic carbocycles. The van der Waals surface area contributed by atoms with Gasteiger partial charge in [-0.05, 0) is 0 Å². The summed E-state index contributed by atoms with van der Waals surface area (Å²) in [6.07, 6.45) is -0.418. The van der Waals surface area contributed by atoms with E-state index in [4.69, 9.17) is 10.8 Å². The zero-order valence-electron chi connectivity index (χ0n) is 5.50. The Hall–Kier alpha value is -0.810. The van der Waals surface area contributed by atoms with Gasteiger partial charge in [-0.25, -0.2) is 4.79 Å². The third-order valence-electron chi connectivity index (χ3n) is 1.56. The monoisotopic (exact) mass is 145 g/mol. The van der Waals surface area contributed by atoms with Crippen molar-refractivity contribution in [1.29, 1.82) is 0 Å². The van der Waals surface area contributed by atoms with Gasteiger partial charge >= 0.3 is 6.03 Å². The summed E-state index contributed by atoms with van der Waals surface area (Å²) in [5.41, 5.74) is 5.45. The van der Waals surface area contributed by atoms with Crippen molar-refractivity contribution in [3.05, 3.63) is 0 Å². The van der Waals surface area contributed by atoms with Crippen LogP contribution in [0, 0.1) is 5.92 Å². The minimum atomic E-state index is -0.418. The zero-order valence-corrected chi connectivity index (χ0v) is 5.50. The standard InChI is InChI=1S/C5H11N3O2/c6-4-3(2-9)1-7-5(10)8-4/h3-4,9H,1-2,6H2,(H2,7,8,10). The van der Waals surface area contributed by atoms with Gasteiger partial charge in [-0.2, -0.15) is 0 Å². The van der Waals surface area contributed by atoms with Crippen molar-refractivity contribution in [3.8, 4) is 0 Å². The molecule has 58 valence electrons. The van der Waals surface area contributed by atoms with E-state index in [2.05, 4.69) is 10.6 Å². The smallest absolute Gasteiger partial charge is 0.316 e. The molecule has 1 fully saturated rings. The lowest BCUT2D eigenvalue weighted by molar-refractivity contribution is 0.166. The predicted molar refractivity (Wildman–Crippen MR) is 35.1 cm³/mol. The largest absolute Gasteiger partial charge is 0.396 e. The van der Waals surface area contributed by atoms with Crippen molar-refractivity contribution in [1.82, 2.24) is 10.6 Å². The predicted octanol–water partition coefficient (Wildman–Crippen LogP) is -1.81. The second kappa shape index (κ2) is 2.85. The summed E-state index contributed by atoms with van der Waals surface area (Å²) in [5.74, 6) is -0.0716. The zero-order chi connectivity index (χ0) is 7.56. The van der Waals surface area contributed by atoms with Crippen molar-refractivity contribution in [2.75, 3.05) is 13.2 Å². The second-order valence-electron chi connectivity index (χ2n) is 2.32. The molecule has 2 unspecified atom stereocenters. The van der Waals surface area contributed by atoms with E-state index in [1.807, 2.05) is 0 Å². The summed E-state index contributed by atoms with van der Waals surface area (Å²) >= 11 is 0. The number of rotatable bonds is 1. The molecule has 0 aromatic rings. The van der Waals surface area contributed by atoms with Crippen molar-refractivity contribution in [2.24, 2.45) is 11.7 Å². The molecule has 1 heterocycles. The van der Waals surface area contributed by atoms with Gasteiger partial charge in [0, 0.05) is 12.5 Å². The molecule has 0 spiro atoms. The fourth-order valence-electron chi connectivity index (χ4n) is 0.849. The van der Waals surface area contributed by atoms with Crippen LogP contribution in [0.3, 0.4) is 0 Å². The molecule has 10 heavy (non-hydrogen) atoms. The first-order chi connectivity index (χ1) is 4.74. The van der Waals surface area contributed by atoms with Crippen LogP contribution >= 0.6 is 0 Å². The number of carbonyl (C=O) groups excluding carboxylic acids is 1. The maximum atomic E-state index is 10.6. The Bertz CT molecular complexity index is 139. The molecule has 0 bridgehead atoms. The first-order valence-electron chi connectivity index (χ1n) is 3.15. The minimum Gasteiger partial charge on any atom is -0.396 e. The molecule has 0 saturated carbocycles. The van der Waals surface area contributed by atoms with Gasteiger partial charge in [0.25, 0.3) is 0 Å². The van der Waals surface area contributed by atoms with Gasteiger partial charge in [0.15, 0.2) is 0 Å².